The third-order valence-electron chi connectivity index (χ3n) is 3.63. The molecule has 1 aromatic rings. The Morgan fingerprint density at radius 3 is 2.82 bits per heavy atom. The van der Waals surface area contributed by atoms with E-state index < -0.39 is 5.54 Å². The second-order valence-corrected chi connectivity index (χ2v) is 4.93. The minimum absolute atomic E-state index is 0.330. The average Bonchev–Trinajstić information content (AvgIpc) is 2.72. The first-order chi connectivity index (χ1) is 8.14. The van der Waals surface area contributed by atoms with Crippen molar-refractivity contribution in [1.29, 1.82) is 0 Å². The lowest BCUT2D eigenvalue weighted by molar-refractivity contribution is -0.286. The quantitative estimate of drug-likeness (QED) is 0.614. The van der Waals surface area contributed by atoms with Gasteiger partial charge in [-0.15, -0.1) is 0 Å². The van der Waals surface area contributed by atoms with Gasteiger partial charge in [-0.05, 0) is 18.9 Å². The molecule has 1 fully saturated rings. The van der Waals surface area contributed by atoms with Crippen LogP contribution in [0.1, 0.15) is 18.9 Å². The Balaban J connectivity index is 1.94. The predicted octanol–water partition coefficient (Wildman–Crippen LogP) is 1.47. The summed E-state index contributed by atoms with van der Waals surface area (Å²) in [5.74, 6) is 0. The first-order valence-corrected chi connectivity index (χ1v) is 5.99. The van der Waals surface area contributed by atoms with Gasteiger partial charge in [0.1, 0.15) is 6.10 Å². The number of rotatable bonds is 4. The Morgan fingerprint density at radius 1 is 1.47 bits per heavy atom. The maximum absolute atomic E-state index is 8.74. The van der Waals surface area contributed by atoms with Crippen LogP contribution in [0, 0.1) is 0 Å². The van der Waals surface area contributed by atoms with Crippen molar-refractivity contribution in [2.45, 2.75) is 31.5 Å². The Bertz CT molecular complexity index is 358. The van der Waals surface area contributed by atoms with Crippen LogP contribution < -0.4 is 5.73 Å². The monoisotopic (exact) mass is 236 g/mol. The minimum Gasteiger partial charge on any atom is -0.322 e. The molecule has 0 radical (unpaired) electrons. The largest absolute Gasteiger partial charge is 0.322 e. The average molecular weight is 236 g/mol. The lowest BCUT2D eigenvalue weighted by Crippen LogP contribution is -2.52. The molecule has 2 atom stereocenters. The van der Waals surface area contributed by atoms with Gasteiger partial charge in [0.25, 0.3) is 0 Å². The third kappa shape index (κ3) is 2.84. The van der Waals surface area contributed by atoms with E-state index in [0.717, 1.165) is 26.1 Å². The Morgan fingerprint density at radius 2 is 2.18 bits per heavy atom. The number of hydrogen-bond donors (Lipinski definition) is 2. The predicted molar refractivity (Wildman–Crippen MR) is 66.4 cm³/mol. The van der Waals surface area contributed by atoms with Crippen LogP contribution in [0.15, 0.2) is 30.3 Å². The molecule has 0 bridgehead atoms. The number of nitrogens with zero attached hydrogens (tertiary/aromatic N) is 1. The molecule has 3 N–H and O–H groups in total. The van der Waals surface area contributed by atoms with Crippen molar-refractivity contribution < 1.29 is 10.1 Å². The summed E-state index contributed by atoms with van der Waals surface area (Å²) in [6.45, 7) is 4.41. The highest BCUT2D eigenvalue weighted by Crippen LogP contribution is 2.25. The number of likely N-dealkylation sites (tertiary alicyclic amines) is 1. The highest BCUT2D eigenvalue weighted by molar-refractivity contribution is 5.15. The van der Waals surface area contributed by atoms with Crippen molar-refractivity contribution in [3.05, 3.63) is 35.9 Å². The van der Waals surface area contributed by atoms with Crippen molar-refractivity contribution in [3.8, 4) is 0 Å². The van der Waals surface area contributed by atoms with E-state index in [1.54, 1.807) is 0 Å². The minimum atomic E-state index is -0.441. The SMILES string of the molecule is CC(OO)C1(N)CCN(Cc2ccccc2)C1. The van der Waals surface area contributed by atoms with Crippen LogP contribution >= 0.6 is 0 Å². The van der Waals surface area contributed by atoms with Crippen LogP contribution in [0.3, 0.4) is 0 Å². The van der Waals surface area contributed by atoms with Gasteiger partial charge in [0, 0.05) is 19.6 Å². The van der Waals surface area contributed by atoms with Crippen LogP contribution in [-0.2, 0) is 11.4 Å². The van der Waals surface area contributed by atoms with Crippen LogP contribution in [0.2, 0.25) is 0 Å². The number of nitrogens with two attached hydrogens (primary N) is 1. The maximum Gasteiger partial charge on any atom is 0.109 e. The van der Waals surface area contributed by atoms with E-state index in [1.165, 1.54) is 5.56 Å². The molecule has 94 valence electrons. The van der Waals surface area contributed by atoms with Gasteiger partial charge in [0.15, 0.2) is 0 Å². The molecule has 0 saturated carbocycles. The van der Waals surface area contributed by atoms with Gasteiger partial charge in [-0.3, -0.25) is 10.2 Å². The summed E-state index contributed by atoms with van der Waals surface area (Å²) in [6.07, 6.45) is 0.518. The summed E-state index contributed by atoms with van der Waals surface area (Å²) in [5, 5.41) is 8.74. The topological polar surface area (TPSA) is 58.7 Å². The summed E-state index contributed by atoms with van der Waals surface area (Å²) >= 11 is 0. The zero-order valence-corrected chi connectivity index (χ0v) is 10.2. The molecule has 2 unspecified atom stereocenters. The van der Waals surface area contributed by atoms with Gasteiger partial charge in [0.05, 0.1) is 5.54 Å². The Labute approximate surface area is 102 Å². The fourth-order valence-electron chi connectivity index (χ4n) is 2.35. The molecular formula is C13H20N2O2. The van der Waals surface area contributed by atoms with Crippen molar-refractivity contribution in [2.24, 2.45) is 5.73 Å². The van der Waals surface area contributed by atoms with Crippen molar-refractivity contribution in [1.82, 2.24) is 4.90 Å². The normalized spacial score (nSPS) is 27.2. The van der Waals surface area contributed by atoms with E-state index in [4.69, 9.17) is 11.0 Å². The Hall–Kier alpha value is -0.940. The molecule has 0 aliphatic carbocycles. The smallest absolute Gasteiger partial charge is 0.109 e. The zero-order valence-electron chi connectivity index (χ0n) is 10.2. The molecule has 0 aromatic heterocycles. The van der Waals surface area contributed by atoms with E-state index in [-0.39, 0.29) is 6.10 Å². The van der Waals surface area contributed by atoms with E-state index in [9.17, 15) is 0 Å². The maximum atomic E-state index is 8.74. The molecule has 1 saturated heterocycles. The molecule has 1 heterocycles. The van der Waals surface area contributed by atoms with Crippen molar-refractivity contribution in [3.63, 3.8) is 0 Å². The second kappa shape index (κ2) is 5.14. The first kappa shape index (κ1) is 12.5. The highest BCUT2D eigenvalue weighted by atomic mass is 17.1. The van der Waals surface area contributed by atoms with E-state index in [2.05, 4.69) is 21.9 Å². The fraction of sp³-hybridized carbons (Fsp3) is 0.538. The number of hydrogen-bond acceptors (Lipinski definition) is 4. The third-order valence-corrected chi connectivity index (χ3v) is 3.63. The van der Waals surface area contributed by atoms with Crippen LogP contribution in [-0.4, -0.2) is 34.9 Å². The molecule has 2 rings (SSSR count). The zero-order chi connectivity index (χ0) is 12.3. The Kier molecular flexibility index (Phi) is 3.79. The fourth-order valence-corrected chi connectivity index (χ4v) is 2.35. The molecule has 0 spiro atoms. The number of benzene rings is 1. The molecule has 1 aromatic carbocycles. The van der Waals surface area contributed by atoms with Crippen LogP contribution in [0.5, 0.6) is 0 Å². The lowest BCUT2D eigenvalue weighted by Gasteiger charge is -2.28. The van der Waals surface area contributed by atoms with Gasteiger partial charge >= 0.3 is 0 Å². The van der Waals surface area contributed by atoms with Crippen LogP contribution in [0.25, 0.3) is 0 Å². The summed E-state index contributed by atoms with van der Waals surface area (Å²) in [6, 6.07) is 10.3. The summed E-state index contributed by atoms with van der Waals surface area (Å²) in [4.78, 5) is 6.68. The summed E-state index contributed by atoms with van der Waals surface area (Å²) in [5.41, 5.74) is 7.08. The van der Waals surface area contributed by atoms with Crippen molar-refractivity contribution >= 4 is 0 Å². The van der Waals surface area contributed by atoms with Gasteiger partial charge in [-0.2, -0.15) is 0 Å². The molecule has 17 heavy (non-hydrogen) atoms. The lowest BCUT2D eigenvalue weighted by atomic mass is 9.94. The molecule has 0 amide bonds. The van der Waals surface area contributed by atoms with E-state index >= 15 is 0 Å². The molecule has 4 heteroatoms. The van der Waals surface area contributed by atoms with Gasteiger partial charge in [-0.25, -0.2) is 4.89 Å². The summed E-state index contributed by atoms with van der Waals surface area (Å²) in [7, 11) is 0. The molecule has 1 aliphatic heterocycles. The van der Waals surface area contributed by atoms with E-state index in [1.807, 2.05) is 25.1 Å². The standard InChI is InChI=1S/C13H20N2O2/c1-11(17-16)13(14)7-8-15(10-13)9-12-5-3-2-4-6-12/h2-6,11,16H,7-10,14H2,1H3. The summed E-state index contributed by atoms with van der Waals surface area (Å²) < 4.78 is 0. The van der Waals surface area contributed by atoms with Gasteiger partial charge in [-0.1, -0.05) is 30.3 Å². The second-order valence-electron chi connectivity index (χ2n) is 4.93. The van der Waals surface area contributed by atoms with Crippen LogP contribution in [0.4, 0.5) is 0 Å². The first-order valence-electron chi connectivity index (χ1n) is 5.99. The van der Waals surface area contributed by atoms with Gasteiger partial charge < -0.3 is 5.73 Å². The van der Waals surface area contributed by atoms with E-state index in [0.29, 0.717) is 0 Å². The molecule has 1 aliphatic rings. The van der Waals surface area contributed by atoms with Crippen molar-refractivity contribution in [2.75, 3.05) is 13.1 Å². The molecule has 4 nitrogen and oxygen atoms in total. The molecular weight excluding hydrogens is 216 g/mol. The van der Waals surface area contributed by atoms with Gasteiger partial charge in [0.2, 0.25) is 0 Å². The highest BCUT2D eigenvalue weighted by Gasteiger charge is 2.40.